The maximum absolute atomic E-state index is 12.0. The molecule has 0 atom stereocenters. The number of carbonyl (C=O) groups excluding carboxylic acids is 1. The van der Waals surface area contributed by atoms with Gasteiger partial charge in [-0.25, -0.2) is 0 Å². The van der Waals surface area contributed by atoms with E-state index >= 15 is 0 Å². The Morgan fingerprint density at radius 2 is 1.72 bits per heavy atom. The Kier molecular flexibility index (Phi) is 7.14. The van der Waals surface area contributed by atoms with Crippen LogP contribution in [0.1, 0.15) is 39.2 Å². The highest BCUT2D eigenvalue weighted by Gasteiger charge is 2.29. The SMILES string of the molecule is CC(C)(C)OC(=O)CN1CCC(N2CCN(c3ccc(C=NN)cc3)CC2)CC1. The minimum Gasteiger partial charge on any atom is -0.459 e. The summed E-state index contributed by atoms with van der Waals surface area (Å²) in [6, 6.07) is 9.01. The predicted molar refractivity (Wildman–Crippen MR) is 117 cm³/mol. The van der Waals surface area contributed by atoms with Gasteiger partial charge in [0.2, 0.25) is 0 Å². The van der Waals surface area contributed by atoms with Crippen LogP contribution in [0.2, 0.25) is 0 Å². The number of rotatable bonds is 5. The van der Waals surface area contributed by atoms with E-state index in [1.165, 1.54) is 5.69 Å². The van der Waals surface area contributed by atoms with Gasteiger partial charge >= 0.3 is 5.97 Å². The van der Waals surface area contributed by atoms with Crippen LogP contribution in [0.25, 0.3) is 0 Å². The highest BCUT2D eigenvalue weighted by atomic mass is 16.6. The normalized spacial score (nSPS) is 20.3. The predicted octanol–water partition coefficient (Wildman–Crippen LogP) is 1.91. The zero-order chi connectivity index (χ0) is 20.9. The van der Waals surface area contributed by atoms with E-state index in [0.29, 0.717) is 12.6 Å². The molecule has 2 N–H and O–H groups in total. The Bertz CT molecular complexity index is 682. The number of hydrogen-bond donors (Lipinski definition) is 1. The van der Waals surface area contributed by atoms with Crippen LogP contribution in [0.5, 0.6) is 0 Å². The number of esters is 1. The number of benzene rings is 1. The number of carbonyl (C=O) groups is 1. The van der Waals surface area contributed by atoms with Crippen molar-refractivity contribution >= 4 is 17.9 Å². The van der Waals surface area contributed by atoms with Crippen molar-refractivity contribution in [3.05, 3.63) is 29.8 Å². The number of likely N-dealkylation sites (tertiary alicyclic amines) is 1. The van der Waals surface area contributed by atoms with Crippen molar-refractivity contribution < 1.29 is 9.53 Å². The number of anilines is 1. The van der Waals surface area contributed by atoms with E-state index in [4.69, 9.17) is 10.6 Å². The van der Waals surface area contributed by atoms with Gasteiger partial charge in [-0.15, -0.1) is 0 Å². The first-order chi connectivity index (χ1) is 13.8. The molecule has 0 radical (unpaired) electrons. The van der Waals surface area contributed by atoms with Crippen LogP contribution < -0.4 is 10.7 Å². The molecule has 2 aliphatic heterocycles. The molecule has 1 aromatic carbocycles. The lowest BCUT2D eigenvalue weighted by Gasteiger charge is -2.43. The summed E-state index contributed by atoms with van der Waals surface area (Å²) in [6.07, 6.45) is 3.91. The van der Waals surface area contributed by atoms with Crippen molar-refractivity contribution in [2.75, 3.05) is 50.7 Å². The third-order valence-corrected chi connectivity index (χ3v) is 5.64. The van der Waals surface area contributed by atoms with E-state index in [-0.39, 0.29) is 5.97 Å². The summed E-state index contributed by atoms with van der Waals surface area (Å²) < 4.78 is 5.45. The van der Waals surface area contributed by atoms with Crippen LogP contribution in [0.15, 0.2) is 29.4 Å². The quantitative estimate of drug-likeness (QED) is 0.352. The average Bonchev–Trinajstić information content (AvgIpc) is 2.68. The van der Waals surface area contributed by atoms with Gasteiger partial charge in [0.25, 0.3) is 0 Å². The Morgan fingerprint density at radius 1 is 1.10 bits per heavy atom. The highest BCUT2D eigenvalue weighted by Crippen LogP contribution is 2.22. The van der Waals surface area contributed by atoms with Gasteiger partial charge in [-0.05, 0) is 51.3 Å². The van der Waals surface area contributed by atoms with Crippen LogP contribution in [-0.2, 0) is 9.53 Å². The molecule has 0 aromatic heterocycles. The summed E-state index contributed by atoms with van der Waals surface area (Å²) in [5, 5.41) is 3.57. The van der Waals surface area contributed by atoms with E-state index in [1.807, 2.05) is 20.8 Å². The Balaban J connectivity index is 1.41. The maximum atomic E-state index is 12.0. The second kappa shape index (κ2) is 9.59. The van der Waals surface area contributed by atoms with Gasteiger partial charge in [0.1, 0.15) is 5.60 Å². The van der Waals surface area contributed by atoms with Gasteiger partial charge < -0.3 is 15.5 Å². The Morgan fingerprint density at radius 3 is 2.28 bits per heavy atom. The van der Waals surface area contributed by atoms with Crippen molar-refractivity contribution in [1.29, 1.82) is 0 Å². The third-order valence-electron chi connectivity index (χ3n) is 5.64. The van der Waals surface area contributed by atoms with Crippen molar-refractivity contribution in [3.63, 3.8) is 0 Å². The second-order valence-electron chi connectivity index (χ2n) is 8.99. The molecule has 2 fully saturated rings. The number of nitrogens with two attached hydrogens (primary N) is 1. The summed E-state index contributed by atoms with van der Waals surface area (Å²) in [5.74, 6) is 5.09. The van der Waals surface area contributed by atoms with E-state index in [2.05, 4.69) is 44.1 Å². The Hall–Kier alpha value is -2.12. The van der Waals surface area contributed by atoms with Crippen LogP contribution in [0.4, 0.5) is 5.69 Å². The molecule has 0 bridgehead atoms. The fraction of sp³-hybridized carbons (Fsp3) is 0.636. The molecule has 2 heterocycles. The van der Waals surface area contributed by atoms with Gasteiger partial charge in [-0.3, -0.25) is 14.6 Å². The van der Waals surface area contributed by atoms with E-state index in [0.717, 1.165) is 57.7 Å². The lowest BCUT2D eigenvalue weighted by Crippen LogP contribution is -2.53. The molecule has 2 aliphatic rings. The van der Waals surface area contributed by atoms with Crippen LogP contribution in [-0.4, -0.2) is 79.4 Å². The molecule has 2 saturated heterocycles. The molecule has 1 aromatic rings. The van der Waals surface area contributed by atoms with Crippen molar-refractivity contribution in [2.24, 2.45) is 10.9 Å². The fourth-order valence-corrected chi connectivity index (χ4v) is 4.20. The lowest BCUT2D eigenvalue weighted by atomic mass is 10.0. The van der Waals surface area contributed by atoms with Crippen LogP contribution >= 0.6 is 0 Å². The van der Waals surface area contributed by atoms with Crippen LogP contribution in [0.3, 0.4) is 0 Å². The van der Waals surface area contributed by atoms with Gasteiger partial charge in [-0.2, -0.15) is 5.10 Å². The van der Waals surface area contributed by atoms with E-state index in [1.54, 1.807) is 6.21 Å². The first-order valence-electron chi connectivity index (χ1n) is 10.6. The topological polar surface area (TPSA) is 74.4 Å². The standard InChI is InChI=1S/C22H35N5O2/c1-22(2,3)29-21(28)17-25-10-8-20(9-11-25)27-14-12-26(13-15-27)19-6-4-18(5-7-19)16-24-23/h4-7,16,20H,8-15,17,23H2,1-3H3. The minimum absolute atomic E-state index is 0.117. The molecule has 0 unspecified atom stereocenters. The maximum Gasteiger partial charge on any atom is 0.320 e. The highest BCUT2D eigenvalue weighted by molar-refractivity contribution is 5.80. The van der Waals surface area contributed by atoms with E-state index in [9.17, 15) is 4.79 Å². The number of hydrazone groups is 1. The molecule has 160 valence electrons. The van der Waals surface area contributed by atoms with Gasteiger partial charge in [0.15, 0.2) is 0 Å². The smallest absolute Gasteiger partial charge is 0.320 e. The molecule has 7 nitrogen and oxygen atoms in total. The summed E-state index contributed by atoms with van der Waals surface area (Å²) in [4.78, 5) is 19.3. The molecule has 7 heteroatoms. The largest absolute Gasteiger partial charge is 0.459 e. The van der Waals surface area contributed by atoms with Crippen molar-refractivity contribution in [3.8, 4) is 0 Å². The molecule has 0 spiro atoms. The fourth-order valence-electron chi connectivity index (χ4n) is 4.20. The molecule has 0 saturated carbocycles. The minimum atomic E-state index is -0.409. The summed E-state index contributed by atoms with van der Waals surface area (Å²) in [5.41, 5.74) is 1.87. The monoisotopic (exact) mass is 401 g/mol. The summed E-state index contributed by atoms with van der Waals surface area (Å²) in [6.45, 7) is 12.3. The van der Waals surface area contributed by atoms with Crippen molar-refractivity contribution in [1.82, 2.24) is 9.80 Å². The number of ether oxygens (including phenoxy) is 1. The molecule has 3 rings (SSSR count). The van der Waals surface area contributed by atoms with Gasteiger partial charge in [0, 0.05) is 51.0 Å². The number of piperazine rings is 1. The first kappa shape index (κ1) is 21.6. The summed E-state index contributed by atoms with van der Waals surface area (Å²) in [7, 11) is 0. The molecule has 0 amide bonds. The number of hydrogen-bond acceptors (Lipinski definition) is 7. The molecule has 29 heavy (non-hydrogen) atoms. The summed E-state index contributed by atoms with van der Waals surface area (Å²) >= 11 is 0. The van der Waals surface area contributed by atoms with Crippen molar-refractivity contribution in [2.45, 2.75) is 45.3 Å². The first-order valence-corrected chi connectivity index (χ1v) is 10.6. The van der Waals surface area contributed by atoms with E-state index < -0.39 is 5.60 Å². The zero-order valence-electron chi connectivity index (χ0n) is 18.0. The molecule has 0 aliphatic carbocycles. The Labute approximate surface area is 174 Å². The second-order valence-corrected chi connectivity index (χ2v) is 8.99. The molecular weight excluding hydrogens is 366 g/mol. The third kappa shape index (κ3) is 6.44. The average molecular weight is 402 g/mol. The van der Waals surface area contributed by atoms with Gasteiger partial charge in [0.05, 0.1) is 12.8 Å². The lowest BCUT2D eigenvalue weighted by molar-refractivity contribution is -0.156. The number of piperidine rings is 1. The zero-order valence-corrected chi connectivity index (χ0v) is 18.0. The molecular formula is C22H35N5O2. The van der Waals surface area contributed by atoms with Crippen LogP contribution in [0, 0.1) is 0 Å². The number of nitrogens with zero attached hydrogens (tertiary/aromatic N) is 4. The van der Waals surface area contributed by atoms with Gasteiger partial charge in [-0.1, -0.05) is 12.1 Å².